The van der Waals surface area contributed by atoms with Gasteiger partial charge in [0, 0.05) is 24.6 Å². The number of carbonyl (C=O) groups is 3. The zero-order chi connectivity index (χ0) is 21.1. The fraction of sp³-hybridized carbons (Fsp3) is 0.286. The van der Waals surface area contributed by atoms with Crippen molar-refractivity contribution in [3.05, 3.63) is 48.0 Å². The van der Waals surface area contributed by atoms with Crippen LogP contribution in [0.3, 0.4) is 0 Å². The first-order valence-corrected chi connectivity index (χ1v) is 9.13. The van der Waals surface area contributed by atoms with Gasteiger partial charge in [-0.2, -0.15) is 0 Å². The molecule has 0 saturated carbocycles. The summed E-state index contributed by atoms with van der Waals surface area (Å²) >= 11 is 0. The number of carboxylic acids is 1. The number of phenolic OH excluding ortho intramolecular Hbond substituents is 1. The van der Waals surface area contributed by atoms with Crippen molar-refractivity contribution in [2.75, 3.05) is 18.5 Å². The van der Waals surface area contributed by atoms with E-state index in [1.807, 2.05) is 0 Å². The molecule has 0 heterocycles. The van der Waals surface area contributed by atoms with Crippen LogP contribution in [0, 0.1) is 0 Å². The molecule has 0 aliphatic carbocycles. The number of rotatable bonds is 12. The van der Waals surface area contributed by atoms with Crippen LogP contribution in [-0.2, 0) is 9.59 Å². The van der Waals surface area contributed by atoms with Gasteiger partial charge >= 0.3 is 5.97 Å². The summed E-state index contributed by atoms with van der Waals surface area (Å²) in [7, 11) is 0. The average molecular weight is 401 g/mol. The van der Waals surface area contributed by atoms with Gasteiger partial charge in [-0.25, -0.2) is 0 Å². The lowest BCUT2D eigenvalue weighted by Gasteiger charge is -2.09. The molecule has 0 aromatic heterocycles. The summed E-state index contributed by atoms with van der Waals surface area (Å²) in [5.74, 6) is -0.142. The molecule has 0 atom stereocenters. The Balaban J connectivity index is 1.66. The molecule has 0 bridgehead atoms. The standard InChI is InChI=1S/C21H23NO7/c23-14-15-5-8-18(13-19(15)24)29-11-1-3-20(25)22-16-6-9-17(10-7-16)28-12-2-4-21(26)27/h5-10,13-14,24H,1-4,11-12H2,(H,22,25)(H,26,27). The number of hydrogen-bond acceptors (Lipinski definition) is 6. The first-order valence-electron chi connectivity index (χ1n) is 9.13. The van der Waals surface area contributed by atoms with E-state index in [4.69, 9.17) is 14.6 Å². The molecular weight excluding hydrogens is 378 g/mol. The van der Waals surface area contributed by atoms with E-state index in [9.17, 15) is 19.5 Å². The molecule has 0 radical (unpaired) electrons. The van der Waals surface area contributed by atoms with E-state index in [0.717, 1.165) is 0 Å². The highest BCUT2D eigenvalue weighted by Crippen LogP contribution is 2.22. The number of ether oxygens (including phenoxy) is 2. The molecule has 0 fully saturated rings. The van der Waals surface area contributed by atoms with Gasteiger partial charge in [0.25, 0.3) is 0 Å². The lowest BCUT2D eigenvalue weighted by molar-refractivity contribution is -0.137. The molecule has 0 saturated heterocycles. The second kappa shape index (κ2) is 11.3. The lowest BCUT2D eigenvalue weighted by atomic mass is 10.2. The summed E-state index contributed by atoms with van der Waals surface area (Å²) in [6.45, 7) is 0.601. The Labute approximate surface area is 168 Å². The molecule has 0 spiro atoms. The Hall–Kier alpha value is -3.55. The third-order valence-corrected chi connectivity index (χ3v) is 3.89. The highest BCUT2D eigenvalue weighted by molar-refractivity contribution is 5.90. The monoisotopic (exact) mass is 401 g/mol. The van der Waals surface area contributed by atoms with E-state index < -0.39 is 5.97 Å². The summed E-state index contributed by atoms with van der Waals surface area (Å²) < 4.78 is 10.9. The molecular formula is C21H23NO7. The van der Waals surface area contributed by atoms with Gasteiger partial charge in [-0.3, -0.25) is 14.4 Å². The normalized spacial score (nSPS) is 10.2. The molecule has 0 aliphatic rings. The highest BCUT2D eigenvalue weighted by atomic mass is 16.5. The SMILES string of the molecule is O=Cc1ccc(OCCCC(=O)Nc2ccc(OCCCC(=O)O)cc2)cc1O. The van der Waals surface area contributed by atoms with Gasteiger partial charge in [-0.1, -0.05) is 0 Å². The first-order chi connectivity index (χ1) is 14.0. The van der Waals surface area contributed by atoms with Crippen molar-refractivity contribution >= 4 is 23.9 Å². The van der Waals surface area contributed by atoms with Crippen LogP contribution >= 0.6 is 0 Å². The minimum Gasteiger partial charge on any atom is -0.507 e. The fourth-order valence-corrected chi connectivity index (χ4v) is 2.41. The Morgan fingerprint density at radius 3 is 2.17 bits per heavy atom. The minimum atomic E-state index is -0.856. The van der Waals surface area contributed by atoms with E-state index >= 15 is 0 Å². The van der Waals surface area contributed by atoms with E-state index in [2.05, 4.69) is 5.32 Å². The number of carboxylic acid groups (broad SMARTS) is 1. The molecule has 2 aromatic carbocycles. The quantitative estimate of drug-likeness (QED) is 0.369. The van der Waals surface area contributed by atoms with Crippen molar-refractivity contribution in [2.45, 2.75) is 25.7 Å². The van der Waals surface area contributed by atoms with Crippen molar-refractivity contribution in [2.24, 2.45) is 0 Å². The molecule has 2 rings (SSSR count). The van der Waals surface area contributed by atoms with E-state index in [-0.39, 0.29) is 36.7 Å². The maximum absolute atomic E-state index is 12.0. The molecule has 0 aliphatic heterocycles. The Morgan fingerprint density at radius 1 is 0.931 bits per heavy atom. The van der Waals surface area contributed by atoms with Gasteiger partial charge in [0.2, 0.25) is 5.91 Å². The first kappa shape index (κ1) is 21.7. The Kier molecular flexibility index (Phi) is 8.50. The van der Waals surface area contributed by atoms with Crippen molar-refractivity contribution in [3.63, 3.8) is 0 Å². The van der Waals surface area contributed by atoms with Gasteiger partial charge < -0.3 is 25.0 Å². The van der Waals surface area contributed by atoms with Crippen LogP contribution in [0.4, 0.5) is 5.69 Å². The van der Waals surface area contributed by atoms with Crippen LogP contribution in [-0.4, -0.2) is 41.6 Å². The van der Waals surface area contributed by atoms with Crippen LogP contribution in [0.2, 0.25) is 0 Å². The van der Waals surface area contributed by atoms with Crippen molar-refractivity contribution in [1.82, 2.24) is 0 Å². The molecule has 154 valence electrons. The maximum Gasteiger partial charge on any atom is 0.303 e. The predicted octanol–water partition coefficient (Wildman–Crippen LogP) is 3.25. The smallest absolute Gasteiger partial charge is 0.303 e. The summed E-state index contributed by atoms with van der Waals surface area (Å²) in [4.78, 5) is 33.1. The lowest BCUT2D eigenvalue weighted by Crippen LogP contribution is -2.12. The number of aromatic hydroxyl groups is 1. The van der Waals surface area contributed by atoms with Crippen LogP contribution in [0.15, 0.2) is 42.5 Å². The largest absolute Gasteiger partial charge is 0.507 e. The predicted molar refractivity (Wildman–Crippen MR) is 106 cm³/mol. The zero-order valence-corrected chi connectivity index (χ0v) is 15.8. The number of amides is 1. The van der Waals surface area contributed by atoms with E-state index in [1.54, 1.807) is 30.3 Å². The molecule has 3 N–H and O–H groups in total. The van der Waals surface area contributed by atoms with E-state index in [1.165, 1.54) is 12.1 Å². The topological polar surface area (TPSA) is 122 Å². The Bertz CT molecular complexity index is 833. The van der Waals surface area contributed by atoms with Gasteiger partial charge in [0.05, 0.1) is 18.8 Å². The van der Waals surface area contributed by atoms with Gasteiger partial charge in [-0.15, -0.1) is 0 Å². The summed E-state index contributed by atoms with van der Waals surface area (Å²) in [6, 6.07) is 11.2. The third kappa shape index (κ3) is 7.92. The van der Waals surface area contributed by atoms with E-state index in [0.29, 0.717) is 42.9 Å². The molecule has 8 nitrogen and oxygen atoms in total. The highest BCUT2D eigenvalue weighted by Gasteiger charge is 2.05. The average Bonchev–Trinajstić information content (AvgIpc) is 2.70. The summed E-state index contributed by atoms with van der Waals surface area (Å²) in [6.07, 6.45) is 1.78. The van der Waals surface area contributed by atoms with Crippen LogP contribution < -0.4 is 14.8 Å². The second-order valence-corrected chi connectivity index (χ2v) is 6.21. The van der Waals surface area contributed by atoms with Crippen LogP contribution in [0.5, 0.6) is 17.2 Å². The fourth-order valence-electron chi connectivity index (χ4n) is 2.41. The Morgan fingerprint density at radius 2 is 1.55 bits per heavy atom. The van der Waals surface area contributed by atoms with Gasteiger partial charge in [0.15, 0.2) is 6.29 Å². The number of nitrogens with one attached hydrogen (secondary N) is 1. The summed E-state index contributed by atoms with van der Waals surface area (Å²) in [5, 5.41) is 20.9. The van der Waals surface area contributed by atoms with Crippen molar-refractivity contribution in [1.29, 1.82) is 0 Å². The minimum absolute atomic E-state index is 0.0586. The van der Waals surface area contributed by atoms with Crippen LogP contribution in [0.1, 0.15) is 36.0 Å². The summed E-state index contributed by atoms with van der Waals surface area (Å²) in [5.41, 5.74) is 0.816. The molecule has 0 unspecified atom stereocenters. The molecule has 8 heteroatoms. The van der Waals surface area contributed by atoms with Crippen molar-refractivity contribution < 1.29 is 34.1 Å². The maximum atomic E-state index is 12.0. The van der Waals surface area contributed by atoms with Gasteiger partial charge in [-0.05, 0) is 49.2 Å². The number of carbonyl (C=O) groups excluding carboxylic acids is 2. The number of benzene rings is 2. The number of hydrogen-bond donors (Lipinski definition) is 3. The zero-order valence-electron chi connectivity index (χ0n) is 15.8. The molecule has 1 amide bonds. The van der Waals surface area contributed by atoms with Gasteiger partial charge in [0.1, 0.15) is 17.2 Å². The third-order valence-electron chi connectivity index (χ3n) is 3.89. The number of aliphatic carboxylic acids is 1. The number of phenols is 1. The molecule has 2 aromatic rings. The van der Waals surface area contributed by atoms with Crippen LogP contribution in [0.25, 0.3) is 0 Å². The molecule has 29 heavy (non-hydrogen) atoms. The number of anilines is 1. The number of aldehydes is 1. The van der Waals surface area contributed by atoms with Crippen molar-refractivity contribution in [3.8, 4) is 17.2 Å². The second-order valence-electron chi connectivity index (χ2n) is 6.21.